The predicted octanol–water partition coefficient (Wildman–Crippen LogP) is 4.64. The van der Waals surface area contributed by atoms with Crippen LogP contribution in [0.2, 0.25) is 5.02 Å². The van der Waals surface area contributed by atoms with E-state index in [0.717, 1.165) is 25.3 Å². The van der Waals surface area contributed by atoms with E-state index in [1.807, 2.05) is 6.07 Å². The zero-order valence-electron chi connectivity index (χ0n) is 11.3. The second-order valence-electron chi connectivity index (χ2n) is 5.06. The molecule has 1 aromatic carbocycles. The van der Waals surface area contributed by atoms with Crippen LogP contribution in [-0.2, 0) is 0 Å². The topological polar surface area (TPSA) is 62.5 Å². The van der Waals surface area contributed by atoms with Gasteiger partial charge in [-0.3, -0.25) is 0 Å². The summed E-state index contributed by atoms with van der Waals surface area (Å²) in [6.45, 7) is 0. The molecule has 0 bridgehead atoms. The van der Waals surface area contributed by atoms with E-state index in [1.54, 1.807) is 29.5 Å². The first-order chi connectivity index (χ1) is 10.7. The van der Waals surface area contributed by atoms with Gasteiger partial charge in [0.25, 0.3) is 0 Å². The Morgan fingerprint density at radius 1 is 1.27 bits per heavy atom. The van der Waals surface area contributed by atoms with Crippen LogP contribution in [0, 0.1) is 11.3 Å². The maximum atomic E-state index is 9.35. The second-order valence-corrected chi connectivity index (χ2v) is 7.78. The first kappa shape index (κ1) is 13.9. The van der Waals surface area contributed by atoms with Gasteiger partial charge in [0.1, 0.15) is 10.0 Å². The van der Waals surface area contributed by atoms with E-state index in [1.165, 1.54) is 24.6 Å². The maximum absolute atomic E-state index is 9.35. The van der Waals surface area contributed by atoms with Crippen LogP contribution in [0.15, 0.2) is 33.6 Å². The normalized spacial score (nSPS) is 14.2. The van der Waals surface area contributed by atoms with Gasteiger partial charge in [-0.2, -0.15) is 5.26 Å². The molecule has 4 nitrogen and oxygen atoms in total. The minimum Gasteiger partial charge on any atom is -0.241 e. The van der Waals surface area contributed by atoms with Crippen LogP contribution >= 0.6 is 34.7 Å². The van der Waals surface area contributed by atoms with Crippen molar-refractivity contribution in [1.82, 2.24) is 15.2 Å². The van der Waals surface area contributed by atoms with Gasteiger partial charge in [0.15, 0.2) is 4.34 Å². The molecule has 1 saturated carbocycles. The summed E-state index contributed by atoms with van der Waals surface area (Å²) >= 11 is 9.06. The van der Waals surface area contributed by atoms with Crippen LogP contribution in [0.1, 0.15) is 29.3 Å². The first-order valence-electron chi connectivity index (χ1n) is 6.74. The second kappa shape index (κ2) is 5.51. The summed E-state index contributed by atoms with van der Waals surface area (Å²) < 4.78 is 0.867. The molecule has 3 aromatic rings. The number of rotatable bonds is 3. The molecule has 1 fully saturated rings. The number of nitrogens with zero attached hydrogens (tertiary/aromatic N) is 4. The molecule has 0 aliphatic heterocycles. The van der Waals surface area contributed by atoms with Crippen LogP contribution < -0.4 is 0 Å². The van der Waals surface area contributed by atoms with Crippen molar-refractivity contribution in [3.05, 3.63) is 39.9 Å². The van der Waals surface area contributed by atoms with E-state index in [9.17, 15) is 5.26 Å². The Hall–Kier alpha value is -1.68. The van der Waals surface area contributed by atoms with Gasteiger partial charge in [0, 0.05) is 16.3 Å². The van der Waals surface area contributed by atoms with Gasteiger partial charge in [0.05, 0.1) is 17.1 Å². The molecule has 7 heteroatoms. The third-order valence-electron chi connectivity index (χ3n) is 3.41. The fourth-order valence-electron chi connectivity index (χ4n) is 2.16. The fraction of sp³-hybridized carbons (Fsp3) is 0.200. The lowest BCUT2D eigenvalue weighted by molar-refractivity contribution is 0.936. The summed E-state index contributed by atoms with van der Waals surface area (Å²) in [5.41, 5.74) is 1.33. The molecule has 0 N–H and O–H groups in total. The van der Waals surface area contributed by atoms with Gasteiger partial charge in [-0.1, -0.05) is 22.9 Å². The number of pyridine rings is 1. The first-order valence-corrected chi connectivity index (χ1v) is 8.76. The Labute approximate surface area is 140 Å². The van der Waals surface area contributed by atoms with E-state index in [4.69, 9.17) is 11.6 Å². The molecular formula is C15H9ClN4S2. The van der Waals surface area contributed by atoms with Crippen molar-refractivity contribution in [2.24, 2.45) is 0 Å². The number of benzene rings is 1. The Kier molecular flexibility index (Phi) is 3.49. The molecule has 2 aromatic heterocycles. The van der Waals surface area contributed by atoms with Crippen LogP contribution in [-0.4, -0.2) is 15.2 Å². The SMILES string of the molecule is N#Cc1cc(Sc2nnc(C3CC3)s2)nc2ccc(Cl)cc12. The standard InChI is InChI=1S/C15H9ClN4S2/c16-10-3-4-12-11(6-10)9(7-17)5-13(18-12)21-15-20-19-14(22-15)8-1-2-8/h3-6,8H,1-2H2. The van der Waals surface area contributed by atoms with Crippen molar-refractivity contribution in [2.75, 3.05) is 0 Å². The number of hydrogen-bond acceptors (Lipinski definition) is 6. The molecule has 0 spiro atoms. The van der Waals surface area contributed by atoms with Crippen molar-refractivity contribution in [2.45, 2.75) is 28.1 Å². The molecule has 0 amide bonds. The summed E-state index contributed by atoms with van der Waals surface area (Å²) in [6, 6.07) is 9.37. The Bertz CT molecular complexity index is 912. The fourth-order valence-corrected chi connectivity index (χ4v) is 4.34. The summed E-state index contributed by atoms with van der Waals surface area (Å²) in [4.78, 5) is 4.58. The molecule has 4 rings (SSSR count). The molecule has 0 saturated heterocycles. The molecule has 108 valence electrons. The third-order valence-corrected chi connectivity index (χ3v) is 5.70. The highest BCUT2D eigenvalue weighted by Crippen LogP contribution is 2.43. The monoisotopic (exact) mass is 344 g/mol. The molecule has 0 radical (unpaired) electrons. The van der Waals surface area contributed by atoms with Crippen LogP contribution in [0.25, 0.3) is 10.9 Å². The molecule has 22 heavy (non-hydrogen) atoms. The summed E-state index contributed by atoms with van der Waals surface area (Å²) in [7, 11) is 0. The number of nitriles is 1. The van der Waals surface area contributed by atoms with E-state index in [0.29, 0.717) is 16.5 Å². The highest BCUT2D eigenvalue weighted by Gasteiger charge is 2.27. The van der Waals surface area contributed by atoms with Crippen LogP contribution in [0.3, 0.4) is 0 Å². The van der Waals surface area contributed by atoms with Crippen LogP contribution in [0.4, 0.5) is 0 Å². The number of aromatic nitrogens is 3. The van der Waals surface area contributed by atoms with E-state index >= 15 is 0 Å². The van der Waals surface area contributed by atoms with Crippen molar-refractivity contribution in [1.29, 1.82) is 5.26 Å². The van der Waals surface area contributed by atoms with Crippen molar-refractivity contribution in [3.63, 3.8) is 0 Å². The minimum absolute atomic E-state index is 0.571. The van der Waals surface area contributed by atoms with Gasteiger partial charge in [-0.25, -0.2) is 4.98 Å². The highest BCUT2D eigenvalue weighted by molar-refractivity contribution is 8.01. The van der Waals surface area contributed by atoms with Gasteiger partial charge in [0.2, 0.25) is 0 Å². The van der Waals surface area contributed by atoms with Crippen molar-refractivity contribution >= 4 is 45.6 Å². The summed E-state index contributed by atoms with van der Waals surface area (Å²) in [5, 5.41) is 21.0. The number of fused-ring (bicyclic) bond motifs is 1. The molecule has 0 unspecified atom stereocenters. The molecule has 0 atom stereocenters. The van der Waals surface area contributed by atoms with Crippen LogP contribution in [0.5, 0.6) is 0 Å². The summed E-state index contributed by atoms with van der Waals surface area (Å²) in [6.07, 6.45) is 2.43. The zero-order chi connectivity index (χ0) is 15.1. The average molecular weight is 345 g/mol. The number of halogens is 1. The number of hydrogen-bond donors (Lipinski definition) is 0. The largest absolute Gasteiger partial charge is 0.241 e. The Balaban J connectivity index is 1.71. The van der Waals surface area contributed by atoms with E-state index < -0.39 is 0 Å². The lowest BCUT2D eigenvalue weighted by Crippen LogP contribution is -1.88. The van der Waals surface area contributed by atoms with Gasteiger partial charge in [-0.15, -0.1) is 10.2 Å². The smallest absolute Gasteiger partial charge is 0.180 e. The Morgan fingerprint density at radius 2 is 2.14 bits per heavy atom. The molecule has 2 heterocycles. The lowest BCUT2D eigenvalue weighted by atomic mass is 10.1. The molecule has 1 aliphatic carbocycles. The summed E-state index contributed by atoms with van der Waals surface area (Å²) in [5.74, 6) is 0.605. The van der Waals surface area contributed by atoms with Crippen molar-refractivity contribution in [3.8, 4) is 6.07 Å². The lowest BCUT2D eigenvalue weighted by Gasteiger charge is -2.03. The third kappa shape index (κ3) is 2.68. The van der Waals surface area contributed by atoms with Gasteiger partial charge >= 0.3 is 0 Å². The minimum atomic E-state index is 0.571. The average Bonchev–Trinajstić information content (AvgIpc) is 3.27. The predicted molar refractivity (Wildman–Crippen MR) is 87.5 cm³/mol. The molecular weight excluding hydrogens is 336 g/mol. The highest BCUT2D eigenvalue weighted by atomic mass is 35.5. The molecule has 1 aliphatic rings. The quantitative estimate of drug-likeness (QED) is 0.692. The van der Waals surface area contributed by atoms with Gasteiger partial charge < -0.3 is 0 Å². The maximum Gasteiger partial charge on any atom is 0.180 e. The van der Waals surface area contributed by atoms with E-state index in [-0.39, 0.29) is 0 Å². The van der Waals surface area contributed by atoms with Crippen molar-refractivity contribution < 1.29 is 0 Å². The zero-order valence-corrected chi connectivity index (χ0v) is 13.7. The van der Waals surface area contributed by atoms with E-state index in [2.05, 4.69) is 21.3 Å². The van der Waals surface area contributed by atoms with Gasteiger partial charge in [-0.05, 0) is 48.9 Å². The Morgan fingerprint density at radius 3 is 2.91 bits per heavy atom.